The summed E-state index contributed by atoms with van der Waals surface area (Å²) < 4.78 is 5.70. The molecular weight excluding hydrogens is 278 g/mol. The van der Waals surface area contributed by atoms with E-state index in [0.717, 1.165) is 4.88 Å². The molecule has 1 aromatic heterocycles. The molecule has 0 aliphatic carbocycles. The quantitative estimate of drug-likeness (QED) is 0.909. The molecule has 1 saturated heterocycles. The number of morpholine rings is 1. The summed E-state index contributed by atoms with van der Waals surface area (Å²) in [5, 5.41) is 8.85. The van der Waals surface area contributed by atoms with Crippen molar-refractivity contribution >= 4 is 34.8 Å². The van der Waals surface area contributed by atoms with Crippen molar-refractivity contribution in [1.29, 1.82) is 0 Å². The SMILES string of the molecule is O=C(O)C1CN(C(=O)Cc2ccc(Cl)s2)CCO1. The number of amides is 1. The molecule has 0 bridgehead atoms. The number of nitrogens with zero attached hydrogens (tertiary/aromatic N) is 1. The van der Waals surface area contributed by atoms with Gasteiger partial charge in [0.1, 0.15) is 0 Å². The van der Waals surface area contributed by atoms with Crippen LogP contribution in [0.4, 0.5) is 0 Å². The van der Waals surface area contributed by atoms with E-state index in [1.165, 1.54) is 16.2 Å². The summed E-state index contributed by atoms with van der Waals surface area (Å²) in [6.07, 6.45) is -0.668. The molecule has 2 heterocycles. The second-order valence-electron chi connectivity index (χ2n) is 3.92. The highest BCUT2D eigenvalue weighted by molar-refractivity contribution is 7.16. The maximum absolute atomic E-state index is 12.0. The zero-order chi connectivity index (χ0) is 13.1. The Kier molecular flexibility index (Phi) is 4.21. The minimum Gasteiger partial charge on any atom is -0.479 e. The van der Waals surface area contributed by atoms with Crippen molar-refractivity contribution < 1.29 is 19.4 Å². The second-order valence-corrected chi connectivity index (χ2v) is 5.72. The monoisotopic (exact) mass is 289 g/mol. The Bertz CT molecular complexity index is 462. The van der Waals surface area contributed by atoms with Crippen molar-refractivity contribution in [2.45, 2.75) is 12.5 Å². The van der Waals surface area contributed by atoms with Crippen molar-refractivity contribution in [3.8, 4) is 0 Å². The molecule has 0 spiro atoms. The van der Waals surface area contributed by atoms with Crippen LogP contribution in [0.1, 0.15) is 4.88 Å². The van der Waals surface area contributed by atoms with E-state index in [4.69, 9.17) is 21.4 Å². The number of carbonyl (C=O) groups excluding carboxylic acids is 1. The Morgan fingerprint density at radius 3 is 2.94 bits per heavy atom. The van der Waals surface area contributed by atoms with Gasteiger partial charge in [-0.3, -0.25) is 4.79 Å². The van der Waals surface area contributed by atoms with Crippen LogP contribution in [-0.4, -0.2) is 47.7 Å². The van der Waals surface area contributed by atoms with Gasteiger partial charge < -0.3 is 14.7 Å². The maximum atomic E-state index is 12.0. The highest BCUT2D eigenvalue weighted by Gasteiger charge is 2.28. The van der Waals surface area contributed by atoms with Gasteiger partial charge in [0, 0.05) is 11.4 Å². The van der Waals surface area contributed by atoms with E-state index < -0.39 is 12.1 Å². The van der Waals surface area contributed by atoms with Crippen LogP contribution in [0.25, 0.3) is 0 Å². The molecule has 5 nitrogen and oxygen atoms in total. The van der Waals surface area contributed by atoms with E-state index in [1.807, 2.05) is 0 Å². The lowest BCUT2D eigenvalue weighted by Crippen LogP contribution is -2.48. The standard InChI is InChI=1S/C11H12ClNO4S/c12-9-2-1-7(18-9)5-10(14)13-3-4-17-8(6-13)11(15)16/h1-2,8H,3-6H2,(H,15,16). The van der Waals surface area contributed by atoms with Crippen LogP contribution in [0.5, 0.6) is 0 Å². The molecule has 1 unspecified atom stereocenters. The summed E-state index contributed by atoms with van der Waals surface area (Å²) in [4.78, 5) is 25.2. The first-order chi connectivity index (χ1) is 8.56. The van der Waals surface area contributed by atoms with Gasteiger partial charge in [0.2, 0.25) is 5.91 Å². The van der Waals surface area contributed by atoms with Crippen LogP contribution >= 0.6 is 22.9 Å². The van der Waals surface area contributed by atoms with Crippen LogP contribution in [0.15, 0.2) is 12.1 Å². The van der Waals surface area contributed by atoms with E-state index in [9.17, 15) is 9.59 Å². The third-order valence-electron chi connectivity index (χ3n) is 2.65. The van der Waals surface area contributed by atoms with Crippen molar-refractivity contribution in [3.63, 3.8) is 0 Å². The number of carboxylic acid groups (broad SMARTS) is 1. The molecule has 1 amide bonds. The molecule has 1 aromatic rings. The van der Waals surface area contributed by atoms with Gasteiger partial charge in [0.25, 0.3) is 0 Å². The largest absolute Gasteiger partial charge is 0.479 e. The van der Waals surface area contributed by atoms with E-state index in [1.54, 1.807) is 12.1 Å². The van der Waals surface area contributed by atoms with Gasteiger partial charge in [-0.05, 0) is 12.1 Å². The van der Waals surface area contributed by atoms with Gasteiger partial charge in [0.05, 0.1) is 23.9 Å². The normalized spacial score (nSPS) is 19.8. The van der Waals surface area contributed by atoms with Gasteiger partial charge in [-0.25, -0.2) is 4.79 Å². The van der Waals surface area contributed by atoms with Crippen LogP contribution in [0, 0.1) is 0 Å². The van der Waals surface area contributed by atoms with Gasteiger partial charge in [-0.1, -0.05) is 11.6 Å². The summed E-state index contributed by atoms with van der Waals surface area (Å²) in [6.45, 7) is 0.795. The van der Waals surface area contributed by atoms with Gasteiger partial charge in [0.15, 0.2) is 6.10 Å². The van der Waals surface area contributed by atoms with Gasteiger partial charge in [-0.15, -0.1) is 11.3 Å². The summed E-state index contributed by atoms with van der Waals surface area (Å²) in [5.74, 6) is -1.13. The minimum absolute atomic E-state index is 0.0944. The predicted octanol–water partition coefficient (Wildman–Crippen LogP) is 1.26. The van der Waals surface area contributed by atoms with Crippen LogP contribution < -0.4 is 0 Å². The smallest absolute Gasteiger partial charge is 0.334 e. The van der Waals surface area contributed by atoms with Crippen LogP contribution in [0.2, 0.25) is 4.34 Å². The molecule has 1 N–H and O–H groups in total. The van der Waals surface area contributed by atoms with E-state index in [0.29, 0.717) is 10.9 Å². The topological polar surface area (TPSA) is 66.8 Å². The lowest BCUT2D eigenvalue weighted by Gasteiger charge is -2.30. The lowest BCUT2D eigenvalue weighted by molar-refractivity contribution is -0.159. The van der Waals surface area contributed by atoms with Crippen LogP contribution in [0.3, 0.4) is 0 Å². The molecule has 1 atom stereocenters. The first-order valence-corrected chi connectivity index (χ1v) is 6.62. The molecule has 2 rings (SSSR count). The second kappa shape index (κ2) is 5.69. The molecule has 1 fully saturated rings. The zero-order valence-electron chi connectivity index (χ0n) is 9.47. The Balaban J connectivity index is 1.94. The minimum atomic E-state index is -1.04. The third kappa shape index (κ3) is 3.22. The highest BCUT2D eigenvalue weighted by atomic mass is 35.5. The first-order valence-electron chi connectivity index (χ1n) is 5.42. The average Bonchev–Trinajstić information content (AvgIpc) is 2.75. The summed E-state index contributed by atoms with van der Waals surface area (Å²) >= 11 is 7.15. The van der Waals surface area contributed by atoms with Crippen LogP contribution in [-0.2, 0) is 20.7 Å². The number of rotatable bonds is 3. The summed E-state index contributed by atoms with van der Waals surface area (Å²) in [6, 6.07) is 3.55. The number of thiophene rings is 1. The third-order valence-corrected chi connectivity index (χ3v) is 3.88. The highest BCUT2D eigenvalue weighted by Crippen LogP contribution is 2.22. The molecule has 0 saturated carbocycles. The molecular formula is C11H12ClNO4S. The maximum Gasteiger partial charge on any atom is 0.334 e. The molecule has 1 aliphatic rings. The number of ether oxygens (including phenoxy) is 1. The molecule has 18 heavy (non-hydrogen) atoms. The fourth-order valence-electron chi connectivity index (χ4n) is 1.73. The molecule has 7 heteroatoms. The van der Waals surface area contributed by atoms with Crippen molar-refractivity contribution in [2.75, 3.05) is 19.7 Å². The molecule has 1 aliphatic heterocycles. The zero-order valence-corrected chi connectivity index (χ0v) is 11.0. The predicted molar refractivity (Wildman–Crippen MR) is 67.0 cm³/mol. The number of carbonyl (C=O) groups is 2. The van der Waals surface area contributed by atoms with Gasteiger partial charge >= 0.3 is 5.97 Å². The van der Waals surface area contributed by atoms with E-state index in [2.05, 4.69) is 0 Å². The Hall–Kier alpha value is -1.11. The Morgan fingerprint density at radius 1 is 1.56 bits per heavy atom. The van der Waals surface area contributed by atoms with Crippen molar-refractivity contribution in [2.24, 2.45) is 0 Å². The average molecular weight is 290 g/mol. The number of carboxylic acids is 1. The fraction of sp³-hybridized carbons (Fsp3) is 0.455. The molecule has 98 valence electrons. The number of hydrogen-bond acceptors (Lipinski definition) is 4. The van der Waals surface area contributed by atoms with Gasteiger partial charge in [-0.2, -0.15) is 0 Å². The first kappa shape index (κ1) is 13.3. The van der Waals surface area contributed by atoms with E-state index >= 15 is 0 Å². The summed E-state index contributed by atoms with van der Waals surface area (Å²) in [5.41, 5.74) is 0. The Labute approximate surface area is 113 Å². The Morgan fingerprint density at radius 2 is 2.33 bits per heavy atom. The van der Waals surface area contributed by atoms with Crippen molar-refractivity contribution in [3.05, 3.63) is 21.3 Å². The number of hydrogen-bond donors (Lipinski definition) is 1. The summed E-state index contributed by atoms with van der Waals surface area (Å²) in [7, 11) is 0. The number of aliphatic carboxylic acids is 1. The van der Waals surface area contributed by atoms with Crippen molar-refractivity contribution in [1.82, 2.24) is 4.90 Å². The molecule has 0 radical (unpaired) electrons. The number of halogens is 1. The molecule has 0 aromatic carbocycles. The lowest BCUT2D eigenvalue weighted by atomic mass is 10.2. The fourth-order valence-corrected chi connectivity index (χ4v) is 2.81. The van der Waals surface area contributed by atoms with E-state index in [-0.39, 0.29) is 25.5 Å².